The predicted octanol–water partition coefficient (Wildman–Crippen LogP) is 2.61. The van der Waals surface area contributed by atoms with E-state index in [0.29, 0.717) is 19.4 Å². The predicted molar refractivity (Wildman–Crippen MR) is 90.2 cm³/mol. The summed E-state index contributed by atoms with van der Waals surface area (Å²) in [5, 5.41) is 0. The lowest BCUT2D eigenvalue weighted by Crippen LogP contribution is -2.37. The van der Waals surface area contributed by atoms with Crippen LogP contribution in [0.3, 0.4) is 0 Å². The van der Waals surface area contributed by atoms with Crippen molar-refractivity contribution in [3.05, 3.63) is 70.4 Å². The van der Waals surface area contributed by atoms with Gasteiger partial charge in [0.2, 0.25) is 5.91 Å². The van der Waals surface area contributed by atoms with Crippen LogP contribution in [0.4, 0.5) is 4.39 Å². The van der Waals surface area contributed by atoms with E-state index in [2.05, 4.69) is 0 Å². The molecule has 0 N–H and O–H groups in total. The fraction of sp³-hybridized carbons (Fsp3) is 0.368. The molecule has 1 aromatic heterocycles. The number of rotatable bonds is 5. The lowest BCUT2D eigenvalue weighted by atomic mass is 10.0. The minimum Gasteiger partial charge on any atom is -0.339 e. The molecule has 1 saturated heterocycles. The third-order valence-electron chi connectivity index (χ3n) is 4.52. The van der Waals surface area contributed by atoms with E-state index in [1.807, 2.05) is 11.0 Å². The van der Waals surface area contributed by atoms with Crippen LogP contribution in [-0.4, -0.2) is 28.0 Å². The number of pyridine rings is 1. The molecule has 1 aliphatic rings. The molecular weight excluding hydrogens is 307 g/mol. The molecule has 3 rings (SSSR count). The molecule has 1 aromatic carbocycles. The van der Waals surface area contributed by atoms with Gasteiger partial charge in [-0.15, -0.1) is 0 Å². The van der Waals surface area contributed by atoms with Crippen LogP contribution in [0.15, 0.2) is 53.5 Å². The number of benzene rings is 1. The maximum Gasteiger partial charge on any atom is 0.250 e. The van der Waals surface area contributed by atoms with Crippen molar-refractivity contribution >= 4 is 5.91 Å². The zero-order valence-electron chi connectivity index (χ0n) is 13.5. The lowest BCUT2D eigenvalue weighted by Gasteiger charge is -2.25. The number of carbonyl (C=O) groups excluding carboxylic acids is 1. The van der Waals surface area contributed by atoms with Gasteiger partial charge < -0.3 is 9.47 Å². The first-order chi connectivity index (χ1) is 11.6. The van der Waals surface area contributed by atoms with Crippen LogP contribution >= 0.6 is 0 Å². The molecule has 1 fully saturated rings. The van der Waals surface area contributed by atoms with Crippen LogP contribution in [-0.2, 0) is 17.8 Å². The van der Waals surface area contributed by atoms with Crippen LogP contribution in [0.5, 0.6) is 0 Å². The summed E-state index contributed by atoms with van der Waals surface area (Å²) >= 11 is 0. The number of hydrogen-bond donors (Lipinski definition) is 0. The molecule has 5 heteroatoms. The average Bonchev–Trinajstić information content (AvgIpc) is 3.02. The second-order valence-electron chi connectivity index (χ2n) is 6.20. The van der Waals surface area contributed by atoms with Crippen molar-refractivity contribution in [2.45, 2.75) is 38.3 Å². The van der Waals surface area contributed by atoms with Crippen LogP contribution < -0.4 is 5.56 Å². The largest absolute Gasteiger partial charge is 0.339 e. The molecule has 24 heavy (non-hydrogen) atoms. The monoisotopic (exact) mass is 328 g/mol. The Balaban J connectivity index is 1.61. The summed E-state index contributed by atoms with van der Waals surface area (Å²) in [6.45, 7) is 1.13. The van der Waals surface area contributed by atoms with E-state index in [1.54, 1.807) is 29.0 Å². The number of carbonyl (C=O) groups is 1. The Bertz CT molecular complexity index is 772. The van der Waals surface area contributed by atoms with Gasteiger partial charge >= 0.3 is 0 Å². The van der Waals surface area contributed by atoms with Crippen molar-refractivity contribution in [2.24, 2.45) is 0 Å². The molecule has 0 aliphatic carbocycles. The van der Waals surface area contributed by atoms with Crippen LogP contribution in [0.2, 0.25) is 0 Å². The molecule has 4 nitrogen and oxygen atoms in total. The summed E-state index contributed by atoms with van der Waals surface area (Å²) < 4.78 is 14.9. The number of nitrogens with zero attached hydrogens (tertiary/aromatic N) is 2. The highest BCUT2D eigenvalue weighted by molar-refractivity contribution is 5.76. The Labute approximate surface area is 140 Å². The maximum atomic E-state index is 13.3. The highest BCUT2D eigenvalue weighted by atomic mass is 19.1. The molecule has 1 unspecified atom stereocenters. The third-order valence-corrected chi connectivity index (χ3v) is 4.52. The normalized spacial score (nSPS) is 17.2. The average molecular weight is 328 g/mol. The van der Waals surface area contributed by atoms with E-state index in [4.69, 9.17) is 0 Å². The zero-order chi connectivity index (χ0) is 16.9. The summed E-state index contributed by atoms with van der Waals surface area (Å²) in [7, 11) is 0. The fourth-order valence-electron chi connectivity index (χ4n) is 3.32. The van der Waals surface area contributed by atoms with Crippen molar-refractivity contribution in [3.8, 4) is 0 Å². The third kappa shape index (κ3) is 3.91. The summed E-state index contributed by atoms with van der Waals surface area (Å²) in [5.41, 5.74) is 0.821. The fourth-order valence-corrected chi connectivity index (χ4v) is 3.32. The van der Waals surface area contributed by atoms with Crippen molar-refractivity contribution in [1.29, 1.82) is 0 Å². The Hall–Kier alpha value is -2.43. The molecular formula is C19H21FN2O2. The van der Waals surface area contributed by atoms with Gasteiger partial charge in [0.05, 0.1) is 0 Å². The number of amides is 1. The molecule has 1 amide bonds. The van der Waals surface area contributed by atoms with Gasteiger partial charge in [0.1, 0.15) is 5.82 Å². The molecule has 0 saturated carbocycles. The minimum absolute atomic E-state index is 0.0599. The van der Waals surface area contributed by atoms with Crippen molar-refractivity contribution in [3.63, 3.8) is 0 Å². The van der Waals surface area contributed by atoms with Gasteiger partial charge in [-0.3, -0.25) is 9.59 Å². The van der Waals surface area contributed by atoms with Crippen molar-refractivity contribution < 1.29 is 9.18 Å². The van der Waals surface area contributed by atoms with Gasteiger partial charge in [-0.25, -0.2) is 4.39 Å². The van der Waals surface area contributed by atoms with E-state index >= 15 is 0 Å². The van der Waals surface area contributed by atoms with Gasteiger partial charge in [-0.2, -0.15) is 0 Å². The summed E-state index contributed by atoms with van der Waals surface area (Å²) in [4.78, 5) is 26.1. The quantitative estimate of drug-likeness (QED) is 0.847. The van der Waals surface area contributed by atoms with Crippen LogP contribution in [0, 0.1) is 5.82 Å². The Morgan fingerprint density at radius 3 is 2.88 bits per heavy atom. The van der Waals surface area contributed by atoms with Gasteiger partial charge in [-0.1, -0.05) is 18.2 Å². The Morgan fingerprint density at radius 2 is 2.08 bits per heavy atom. The van der Waals surface area contributed by atoms with Gasteiger partial charge in [0.15, 0.2) is 0 Å². The lowest BCUT2D eigenvalue weighted by molar-refractivity contribution is -0.132. The molecule has 0 radical (unpaired) electrons. The Morgan fingerprint density at radius 1 is 1.21 bits per heavy atom. The first-order valence-electron chi connectivity index (χ1n) is 8.33. The second-order valence-corrected chi connectivity index (χ2v) is 6.20. The SMILES string of the molecule is O=C(CCn1ccccc1=O)N1CCCC1Cc1cccc(F)c1. The van der Waals surface area contributed by atoms with Gasteiger partial charge in [0.25, 0.3) is 5.56 Å². The van der Waals surface area contributed by atoms with E-state index in [0.717, 1.165) is 24.9 Å². The van der Waals surface area contributed by atoms with E-state index in [9.17, 15) is 14.0 Å². The van der Waals surface area contributed by atoms with E-state index < -0.39 is 0 Å². The highest BCUT2D eigenvalue weighted by Crippen LogP contribution is 2.22. The summed E-state index contributed by atoms with van der Waals surface area (Å²) in [6.07, 6.45) is 4.59. The molecule has 1 aliphatic heterocycles. The summed E-state index contributed by atoms with van der Waals surface area (Å²) in [5.74, 6) is -0.184. The van der Waals surface area contributed by atoms with Crippen LogP contribution in [0.25, 0.3) is 0 Å². The number of hydrogen-bond acceptors (Lipinski definition) is 2. The molecule has 2 aromatic rings. The minimum atomic E-state index is -0.244. The first-order valence-corrected chi connectivity index (χ1v) is 8.33. The molecule has 0 spiro atoms. The first kappa shape index (κ1) is 16.4. The number of halogens is 1. The maximum absolute atomic E-state index is 13.3. The highest BCUT2D eigenvalue weighted by Gasteiger charge is 2.28. The van der Waals surface area contributed by atoms with Gasteiger partial charge in [0, 0.05) is 37.8 Å². The van der Waals surface area contributed by atoms with Crippen LogP contribution in [0.1, 0.15) is 24.8 Å². The number of aryl methyl sites for hydroxylation is 1. The number of likely N-dealkylation sites (tertiary alicyclic amines) is 1. The standard InChI is InChI=1S/C19H21FN2O2/c20-16-6-3-5-15(13-16)14-17-7-4-11-22(17)19(24)9-12-21-10-2-1-8-18(21)23/h1-3,5-6,8,10,13,17H,4,7,9,11-12,14H2. The van der Waals surface area contributed by atoms with E-state index in [1.165, 1.54) is 18.2 Å². The van der Waals surface area contributed by atoms with Crippen molar-refractivity contribution in [1.82, 2.24) is 9.47 Å². The smallest absolute Gasteiger partial charge is 0.250 e. The molecule has 2 heterocycles. The zero-order valence-corrected chi connectivity index (χ0v) is 13.5. The molecule has 126 valence electrons. The molecule has 0 bridgehead atoms. The van der Waals surface area contributed by atoms with Crippen molar-refractivity contribution in [2.75, 3.05) is 6.54 Å². The number of aromatic nitrogens is 1. The van der Waals surface area contributed by atoms with Gasteiger partial charge in [-0.05, 0) is 43.0 Å². The summed E-state index contributed by atoms with van der Waals surface area (Å²) in [6, 6.07) is 11.6. The topological polar surface area (TPSA) is 42.3 Å². The molecule has 1 atom stereocenters. The Kier molecular flexibility index (Phi) is 5.08. The van der Waals surface area contributed by atoms with E-state index in [-0.39, 0.29) is 23.3 Å². The second kappa shape index (κ2) is 7.43.